The highest BCUT2D eigenvalue weighted by atomic mass is 32.2. The number of carbonyl (C=O) groups is 1. The predicted molar refractivity (Wildman–Crippen MR) is 127 cm³/mol. The number of alkyl halides is 2. The molecule has 3 heterocycles. The van der Waals surface area contributed by atoms with Crippen molar-refractivity contribution in [1.82, 2.24) is 9.97 Å². The number of benzene rings is 1. The second kappa shape index (κ2) is 10.5. The predicted octanol–water partition coefficient (Wildman–Crippen LogP) is 3.39. The summed E-state index contributed by atoms with van der Waals surface area (Å²) in [5.41, 5.74) is 0.645. The molecule has 1 aromatic heterocycles. The smallest absolute Gasteiger partial charge is 0.303 e. The van der Waals surface area contributed by atoms with E-state index in [2.05, 4.69) is 20.6 Å². The number of nitrogens with zero attached hydrogens (tertiary/aromatic N) is 3. The van der Waals surface area contributed by atoms with E-state index in [4.69, 9.17) is 10.5 Å². The molecular weight excluding hydrogens is 466 g/mol. The summed E-state index contributed by atoms with van der Waals surface area (Å²) in [6.07, 6.45) is -0.0433. The highest BCUT2D eigenvalue weighted by Gasteiger charge is 2.32. The van der Waals surface area contributed by atoms with Crippen LogP contribution in [0.4, 0.5) is 32.1 Å². The molecule has 0 radical (unpaired) electrons. The van der Waals surface area contributed by atoms with E-state index in [0.717, 1.165) is 6.21 Å². The lowest BCUT2D eigenvalue weighted by atomic mass is 9.96. The Morgan fingerprint density at radius 1 is 1.32 bits per heavy atom. The van der Waals surface area contributed by atoms with Gasteiger partial charge in [-0.05, 0) is 12.1 Å². The first kappa shape index (κ1) is 24.1. The van der Waals surface area contributed by atoms with Crippen LogP contribution in [-0.4, -0.2) is 62.4 Å². The van der Waals surface area contributed by atoms with Gasteiger partial charge in [-0.2, -0.15) is 9.97 Å². The third-order valence-electron chi connectivity index (χ3n) is 5.91. The van der Waals surface area contributed by atoms with Crippen LogP contribution in [0.2, 0.25) is 0 Å². The van der Waals surface area contributed by atoms with E-state index in [0.29, 0.717) is 60.5 Å². The first-order valence-corrected chi connectivity index (χ1v) is 12.5. The van der Waals surface area contributed by atoms with Crippen LogP contribution in [0.25, 0.3) is 0 Å². The van der Waals surface area contributed by atoms with Gasteiger partial charge in [0.1, 0.15) is 23.1 Å². The van der Waals surface area contributed by atoms with E-state index in [-0.39, 0.29) is 29.8 Å². The molecule has 0 atom stereocenters. The minimum atomic E-state index is -2.62. The third-order valence-corrected chi connectivity index (χ3v) is 7.29. The Bertz CT molecular complexity index is 1050. The summed E-state index contributed by atoms with van der Waals surface area (Å²) in [6, 6.07) is 5.86. The molecule has 0 amide bonds. The minimum Gasteiger partial charge on any atom is -0.616 e. The summed E-state index contributed by atoms with van der Waals surface area (Å²) in [5, 5.41) is 23.3. The maximum atomic E-state index is 13.2. The van der Waals surface area contributed by atoms with Crippen LogP contribution in [0, 0.1) is 11.3 Å². The van der Waals surface area contributed by atoms with Gasteiger partial charge in [-0.25, -0.2) is 8.78 Å². The average Bonchev–Trinajstić information content (AvgIpc) is 2.77. The van der Waals surface area contributed by atoms with Gasteiger partial charge < -0.3 is 30.6 Å². The summed E-state index contributed by atoms with van der Waals surface area (Å²) >= 11 is -0.815. The molecule has 0 bridgehead atoms. The Morgan fingerprint density at radius 2 is 2.06 bits per heavy atom. The molecule has 2 saturated heterocycles. The topological polar surface area (TPSA) is 137 Å². The maximum Gasteiger partial charge on any atom is 0.303 e. The SMILES string of the molecule is N=Cc1c(Nc2cccc(C(F)F)c2)nc(NC2CC[S+]([O-])CC2)nc1N1CC(CC(=O)O)C1. The summed E-state index contributed by atoms with van der Waals surface area (Å²) in [5.74, 6) is 1.38. The Morgan fingerprint density at radius 3 is 2.71 bits per heavy atom. The van der Waals surface area contributed by atoms with Gasteiger partial charge in [0.25, 0.3) is 6.43 Å². The van der Waals surface area contributed by atoms with E-state index in [1.165, 1.54) is 18.2 Å². The normalized spacial score (nSPS) is 20.6. The van der Waals surface area contributed by atoms with E-state index in [1.807, 2.05) is 4.90 Å². The van der Waals surface area contributed by atoms with Crippen molar-refractivity contribution in [3.63, 3.8) is 0 Å². The van der Waals surface area contributed by atoms with Crippen molar-refractivity contribution in [2.24, 2.45) is 5.92 Å². The van der Waals surface area contributed by atoms with E-state index in [1.54, 1.807) is 6.07 Å². The molecule has 12 heteroatoms. The van der Waals surface area contributed by atoms with Crippen molar-refractivity contribution in [3.8, 4) is 0 Å². The fourth-order valence-corrected chi connectivity index (χ4v) is 5.42. The third kappa shape index (κ3) is 5.73. The summed E-state index contributed by atoms with van der Waals surface area (Å²) in [4.78, 5) is 22.0. The second-order valence-electron chi connectivity index (χ2n) is 8.46. The number of anilines is 4. The molecule has 2 aromatic rings. The van der Waals surface area contributed by atoms with Crippen molar-refractivity contribution in [2.75, 3.05) is 40.1 Å². The van der Waals surface area contributed by atoms with Gasteiger partial charge >= 0.3 is 5.97 Å². The van der Waals surface area contributed by atoms with Gasteiger partial charge in [-0.15, -0.1) is 0 Å². The molecule has 0 unspecified atom stereocenters. The largest absolute Gasteiger partial charge is 0.616 e. The van der Waals surface area contributed by atoms with E-state index >= 15 is 0 Å². The summed E-state index contributed by atoms with van der Waals surface area (Å²) < 4.78 is 38.0. The van der Waals surface area contributed by atoms with Gasteiger partial charge in [0.05, 0.1) is 12.0 Å². The Balaban J connectivity index is 1.63. The summed E-state index contributed by atoms with van der Waals surface area (Å²) in [7, 11) is 0. The zero-order chi connectivity index (χ0) is 24.2. The van der Waals surface area contributed by atoms with Crippen molar-refractivity contribution in [1.29, 1.82) is 5.41 Å². The molecule has 0 spiro atoms. The van der Waals surface area contributed by atoms with Crippen molar-refractivity contribution in [2.45, 2.75) is 31.7 Å². The molecule has 1 aromatic carbocycles. The first-order chi connectivity index (χ1) is 16.3. The van der Waals surface area contributed by atoms with Crippen LogP contribution in [0.15, 0.2) is 24.3 Å². The molecule has 2 fully saturated rings. The zero-order valence-corrected chi connectivity index (χ0v) is 19.2. The summed E-state index contributed by atoms with van der Waals surface area (Å²) in [6.45, 7) is 0.957. The molecule has 2 aliphatic heterocycles. The molecule has 4 rings (SSSR count). The van der Waals surface area contributed by atoms with Crippen LogP contribution in [0.3, 0.4) is 0 Å². The lowest BCUT2D eigenvalue weighted by molar-refractivity contribution is -0.138. The minimum absolute atomic E-state index is 0.0186. The molecular formula is C22H26F2N6O3S. The average molecular weight is 493 g/mol. The standard InChI is InChI=1S/C22H26F2N6O3S/c23-19(24)14-2-1-3-16(9-14)26-20-17(10-25)21(30-11-13(12-30)8-18(31)32)29-22(28-20)27-15-4-6-34(33)7-5-15/h1-3,9-10,13,15,19,25H,4-8,11-12H2,(H,31,32)(H2,26,27,28,29). The Labute approximate surface area is 198 Å². The van der Waals surface area contributed by atoms with Gasteiger partial charge in [0, 0.05) is 55.4 Å². The molecule has 0 saturated carbocycles. The molecule has 182 valence electrons. The highest BCUT2D eigenvalue weighted by Crippen LogP contribution is 2.33. The lowest BCUT2D eigenvalue weighted by Gasteiger charge is -2.40. The second-order valence-corrected chi connectivity index (χ2v) is 10.2. The molecule has 4 N–H and O–H groups in total. The first-order valence-electron chi connectivity index (χ1n) is 11.0. The van der Waals surface area contributed by atoms with E-state index in [9.17, 15) is 18.1 Å². The number of halogens is 2. The van der Waals surface area contributed by atoms with Gasteiger partial charge in [-0.3, -0.25) is 4.79 Å². The number of carboxylic acid groups (broad SMARTS) is 1. The van der Waals surface area contributed by atoms with Crippen LogP contribution in [0.5, 0.6) is 0 Å². The fourth-order valence-electron chi connectivity index (χ4n) is 4.12. The quantitative estimate of drug-likeness (QED) is 0.309. The van der Waals surface area contributed by atoms with Crippen molar-refractivity contribution >= 4 is 46.6 Å². The number of nitrogens with one attached hydrogen (secondary N) is 3. The van der Waals surface area contributed by atoms with Crippen LogP contribution in [0.1, 0.15) is 36.8 Å². The molecule has 34 heavy (non-hydrogen) atoms. The number of rotatable bonds is 9. The van der Waals surface area contributed by atoms with Crippen molar-refractivity contribution in [3.05, 3.63) is 35.4 Å². The lowest BCUT2D eigenvalue weighted by Crippen LogP contribution is -2.48. The Kier molecular flexibility index (Phi) is 7.47. The van der Waals surface area contributed by atoms with Gasteiger partial charge in [-0.1, -0.05) is 23.3 Å². The zero-order valence-electron chi connectivity index (χ0n) is 18.3. The number of aromatic nitrogens is 2. The van der Waals surface area contributed by atoms with Gasteiger partial charge in [0.15, 0.2) is 0 Å². The van der Waals surface area contributed by atoms with Crippen molar-refractivity contribution < 1.29 is 23.2 Å². The molecule has 0 aliphatic carbocycles. The Hall–Kier alpha value is -2.99. The number of hydrogen-bond donors (Lipinski definition) is 4. The van der Waals surface area contributed by atoms with E-state index < -0.39 is 23.6 Å². The molecule has 9 nitrogen and oxygen atoms in total. The van der Waals surface area contributed by atoms with Crippen LogP contribution < -0.4 is 15.5 Å². The van der Waals surface area contributed by atoms with Crippen LogP contribution >= 0.6 is 0 Å². The fraction of sp³-hybridized carbons (Fsp3) is 0.455. The van der Waals surface area contributed by atoms with Crippen LogP contribution in [-0.2, 0) is 16.0 Å². The number of hydrogen-bond acceptors (Lipinski definition) is 8. The molecule has 2 aliphatic rings. The number of carboxylic acids is 1. The number of aliphatic carboxylic acids is 1. The highest BCUT2D eigenvalue weighted by molar-refractivity contribution is 7.91. The van der Waals surface area contributed by atoms with Gasteiger partial charge in [0.2, 0.25) is 5.95 Å². The monoisotopic (exact) mass is 492 g/mol. The maximum absolute atomic E-state index is 13.2.